The lowest BCUT2D eigenvalue weighted by Gasteiger charge is -2.18. The van der Waals surface area contributed by atoms with Gasteiger partial charge in [0.15, 0.2) is 6.10 Å². The Hall–Kier alpha value is -3.41. The molecule has 0 heterocycles. The minimum atomic E-state index is -0.795. The zero-order valence-electron chi connectivity index (χ0n) is 46.0. The van der Waals surface area contributed by atoms with Crippen LogP contribution in [0.15, 0.2) is 85.1 Å². The molecule has 0 bridgehead atoms. The van der Waals surface area contributed by atoms with Crippen LogP contribution < -0.4 is 0 Å². The second-order valence-corrected chi connectivity index (χ2v) is 19.5. The molecule has 1 unspecified atom stereocenters. The lowest BCUT2D eigenvalue weighted by molar-refractivity contribution is -0.167. The van der Waals surface area contributed by atoms with E-state index in [9.17, 15) is 14.4 Å². The Labute approximate surface area is 433 Å². The summed E-state index contributed by atoms with van der Waals surface area (Å²) in [6, 6.07) is 0. The van der Waals surface area contributed by atoms with Crippen molar-refractivity contribution in [1.29, 1.82) is 0 Å². The van der Waals surface area contributed by atoms with Crippen molar-refractivity contribution in [2.45, 2.75) is 290 Å². The zero-order chi connectivity index (χ0) is 50.7. The van der Waals surface area contributed by atoms with E-state index in [4.69, 9.17) is 14.2 Å². The fraction of sp³-hybridized carbons (Fsp3) is 0.734. The van der Waals surface area contributed by atoms with Gasteiger partial charge in [-0.25, -0.2) is 0 Å². The predicted octanol–water partition coefficient (Wildman–Crippen LogP) is 19.9. The van der Waals surface area contributed by atoms with Crippen molar-refractivity contribution in [2.24, 2.45) is 0 Å². The highest BCUT2D eigenvalue weighted by atomic mass is 16.6. The molecule has 70 heavy (non-hydrogen) atoms. The van der Waals surface area contributed by atoms with Crippen LogP contribution in [-0.4, -0.2) is 37.2 Å². The van der Waals surface area contributed by atoms with Crippen molar-refractivity contribution in [3.8, 4) is 0 Å². The number of esters is 3. The second kappa shape index (κ2) is 58.2. The Morgan fingerprint density at radius 3 is 0.871 bits per heavy atom. The largest absolute Gasteiger partial charge is 0.462 e. The molecule has 0 aliphatic rings. The topological polar surface area (TPSA) is 78.9 Å². The summed E-state index contributed by atoms with van der Waals surface area (Å²) in [5, 5.41) is 0. The third kappa shape index (κ3) is 55.5. The van der Waals surface area contributed by atoms with Crippen LogP contribution in [0.4, 0.5) is 0 Å². The molecule has 6 heteroatoms. The summed E-state index contributed by atoms with van der Waals surface area (Å²) in [6.45, 7) is 6.50. The quantitative estimate of drug-likeness (QED) is 0.0261. The van der Waals surface area contributed by atoms with E-state index in [1.165, 1.54) is 128 Å². The molecule has 0 aromatic rings. The van der Waals surface area contributed by atoms with Crippen LogP contribution in [0.2, 0.25) is 0 Å². The third-order valence-electron chi connectivity index (χ3n) is 12.6. The Kier molecular flexibility index (Phi) is 55.3. The molecule has 0 saturated carbocycles. The van der Waals surface area contributed by atoms with Gasteiger partial charge in [0, 0.05) is 19.3 Å². The van der Waals surface area contributed by atoms with Crippen molar-refractivity contribution in [2.75, 3.05) is 13.2 Å². The molecule has 402 valence electrons. The van der Waals surface area contributed by atoms with E-state index < -0.39 is 6.10 Å². The number of carbonyl (C=O) groups is 3. The second-order valence-electron chi connectivity index (χ2n) is 19.5. The van der Waals surface area contributed by atoms with Crippen LogP contribution in [0.25, 0.3) is 0 Å². The minimum Gasteiger partial charge on any atom is -0.462 e. The zero-order valence-corrected chi connectivity index (χ0v) is 46.0. The summed E-state index contributed by atoms with van der Waals surface area (Å²) >= 11 is 0. The molecule has 0 spiro atoms. The number of hydrogen-bond acceptors (Lipinski definition) is 6. The molecule has 0 aromatic heterocycles. The average molecular weight is 976 g/mol. The van der Waals surface area contributed by atoms with Crippen LogP contribution in [0, 0.1) is 0 Å². The molecule has 0 rings (SSSR count). The lowest BCUT2D eigenvalue weighted by atomic mass is 10.0. The van der Waals surface area contributed by atoms with E-state index in [0.29, 0.717) is 19.3 Å². The fourth-order valence-corrected chi connectivity index (χ4v) is 8.21. The molecule has 0 fully saturated rings. The molecular weight excluding hydrogens is 865 g/mol. The Balaban J connectivity index is 4.43. The monoisotopic (exact) mass is 975 g/mol. The van der Waals surface area contributed by atoms with Gasteiger partial charge < -0.3 is 14.2 Å². The number of unbranched alkanes of at least 4 members (excludes halogenated alkanes) is 28. The van der Waals surface area contributed by atoms with Gasteiger partial charge >= 0.3 is 17.9 Å². The van der Waals surface area contributed by atoms with E-state index in [0.717, 1.165) is 116 Å². The Morgan fingerprint density at radius 2 is 0.557 bits per heavy atom. The Morgan fingerprint density at radius 1 is 0.300 bits per heavy atom. The van der Waals surface area contributed by atoms with E-state index >= 15 is 0 Å². The smallest absolute Gasteiger partial charge is 0.306 e. The summed E-state index contributed by atoms with van der Waals surface area (Å²) in [5.41, 5.74) is 0. The molecule has 0 N–H and O–H groups in total. The van der Waals surface area contributed by atoms with Crippen molar-refractivity contribution in [1.82, 2.24) is 0 Å². The number of allylic oxidation sites excluding steroid dienone is 14. The van der Waals surface area contributed by atoms with Gasteiger partial charge in [0.05, 0.1) is 0 Å². The van der Waals surface area contributed by atoms with Gasteiger partial charge in [-0.3, -0.25) is 14.4 Å². The summed E-state index contributed by atoms with van der Waals surface area (Å²) in [5.74, 6) is -0.918. The molecule has 0 saturated heterocycles. The predicted molar refractivity (Wildman–Crippen MR) is 302 cm³/mol. The first-order valence-electron chi connectivity index (χ1n) is 29.6. The molecule has 0 aliphatic carbocycles. The van der Waals surface area contributed by atoms with Gasteiger partial charge in [-0.2, -0.15) is 0 Å². The summed E-state index contributed by atoms with van der Waals surface area (Å²) < 4.78 is 16.9. The van der Waals surface area contributed by atoms with Crippen molar-refractivity contribution < 1.29 is 28.6 Å². The van der Waals surface area contributed by atoms with Crippen LogP contribution in [0.3, 0.4) is 0 Å². The first-order valence-corrected chi connectivity index (χ1v) is 29.6. The lowest BCUT2D eigenvalue weighted by Crippen LogP contribution is -2.30. The van der Waals surface area contributed by atoms with Gasteiger partial charge in [-0.1, -0.05) is 254 Å². The standard InChI is InChI=1S/C64H110O6/c1-4-7-10-13-16-19-22-25-28-30-31-32-33-35-36-39-42-45-48-51-54-57-63(66)69-60-61(59-68-62(65)56-53-50-47-44-41-38-27-24-21-18-15-12-9-6-3)70-64(67)58-55-52-49-46-43-40-37-34-29-26-23-20-17-14-11-8-5-2/h8,11,17,20,22,25-26,29-31,33,35,37,40,61H,4-7,9-10,12-16,18-19,21,23-24,27-28,32,34,36,38-39,41-60H2,1-3H3/b11-8-,20-17-,25-22-,29-26-,31-30-,35-33-,40-37-. The highest BCUT2D eigenvalue weighted by molar-refractivity contribution is 5.71. The molecule has 0 aliphatic heterocycles. The van der Waals surface area contributed by atoms with Crippen molar-refractivity contribution in [3.63, 3.8) is 0 Å². The van der Waals surface area contributed by atoms with Gasteiger partial charge in [-0.15, -0.1) is 0 Å². The fourth-order valence-electron chi connectivity index (χ4n) is 8.21. The van der Waals surface area contributed by atoms with Gasteiger partial charge in [0.25, 0.3) is 0 Å². The van der Waals surface area contributed by atoms with E-state index in [1.807, 2.05) is 0 Å². The number of rotatable bonds is 53. The number of ether oxygens (including phenoxy) is 3. The van der Waals surface area contributed by atoms with Crippen molar-refractivity contribution in [3.05, 3.63) is 85.1 Å². The molecule has 1 atom stereocenters. The average Bonchev–Trinajstić information content (AvgIpc) is 3.36. The van der Waals surface area contributed by atoms with E-state index in [-0.39, 0.29) is 31.1 Å². The van der Waals surface area contributed by atoms with Crippen LogP contribution in [-0.2, 0) is 28.6 Å². The maximum atomic E-state index is 12.9. The van der Waals surface area contributed by atoms with Crippen LogP contribution in [0.5, 0.6) is 0 Å². The molecular formula is C64H110O6. The van der Waals surface area contributed by atoms with Gasteiger partial charge in [0.1, 0.15) is 13.2 Å². The first-order chi connectivity index (χ1) is 34.5. The maximum Gasteiger partial charge on any atom is 0.306 e. The molecule has 0 amide bonds. The molecule has 0 aromatic carbocycles. The molecule has 6 nitrogen and oxygen atoms in total. The third-order valence-corrected chi connectivity index (χ3v) is 12.6. The van der Waals surface area contributed by atoms with Crippen LogP contribution in [0.1, 0.15) is 284 Å². The van der Waals surface area contributed by atoms with Gasteiger partial charge in [0.2, 0.25) is 0 Å². The highest BCUT2D eigenvalue weighted by Gasteiger charge is 2.19. The van der Waals surface area contributed by atoms with Gasteiger partial charge in [-0.05, 0) is 96.3 Å². The van der Waals surface area contributed by atoms with E-state index in [1.54, 1.807) is 0 Å². The first kappa shape index (κ1) is 66.6. The van der Waals surface area contributed by atoms with Crippen molar-refractivity contribution >= 4 is 17.9 Å². The number of hydrogen-bond donors (Lipinski definition) is 0. The summed E-state index contributed by atoms with van der Waals surface area (Å²) in [7, 11) is 0. The van der Waals surface area contributed by atoms with Crippen LogP contribution >= 0.6 is 0 Å². The maximum absolute atomic E-state index is 12.9. The molecule has 0 radical (unpaired) electrons. The Bertz CT molecular complexity index is 1350. The highest BCUT2D eigenvalue weighted by Crippen LogP contribution is 2.15. The summed E-state index contributed by atoms with van der Waals surface area (Å²) in [4.78, 5) is 38.2. The summed E-state index contributed by atoms with van der Waals surface area (Å²) in [6.07, 6.45) is 75.7. The normalized spacial score (nSPS) is 12.7. The number of carbonyl (C=O) groups excluding carboxylic acids is 3. The minimum absolute atomic E-state index is 0.0891. The SMILES string of the molecule is CC/C=C\C/C=C\C/C=C\C/C=C\CCCCCCC(=O)OC(COC(=O)CCCCCCCC/C=C\C/C=C\C/C=C\CCCCCCC)COC(=O)CCCCCCCCCCCCCCCC. The van der Waals surface area contributed by atoms with E-state index in [2.05, 4.69) is 106 Å².